The highest BCUT2D eigenvalue weighted by Gasteiger charge is 2.52. The zero-order chi connectivity index (χ0) is 20.6. The van der Waals surface area contributed by atoms with Crippen LogP contribution < -0.4 is 19.6 Å². The Morgan fingerprint density at radius 2 is 1.52 bits per heavy atom. The lowest BCUT2D eigenvalue weighted by atomic mass is 9.48. The molecule has 0 spiro atoms. The lowest BCUT2D eigenvalue weighted by Gasteiger charge is -2.57. The number of carbonyl (C=O) groups is 1. The molecule has 5 rings (SSSR count). The molecular formula is C23H32N2O4. The first-order valence-electron chi connectivity index (χ1n) is 10.7. The number of hydrogen-bond donors (Lipinski definition) is 1. The van der Waals surface area contributed by atoms with Crippen molar-refractivity contribution < 1.29 is 19.0 Å². The fourth-order valence-electron chi connectivity index (χ4n) is 6.43. The SMILES string of the molecule is CC/C(=N/NC(=O)c1cc(OC)c(OC)c(OC)c1)C12CC3CC(CC(C3)C1)C2. The molecule has 0 atom stereocenters. The van der Waals surface area contributed by atoms with Crippen LogP contribution in [-0.2, 0) is 0 Å². The molecule has 0 radical (unpaired) electrons. The van der Waals surface area contributed by atoms with Gasteiger partial charge in [-0.3, -0.25) is 4.79 Å². The van der Waals surface area contributed by atoms with E-state index < -0.39 is 0 Å². The third kappa shape index (κ3) is 3.58. The van der Waals surface area contributed by atoms with Gasteiger partial charge in [-0.25, -0.2) is 5.43 Å². The fraction of sp³-hybridized carbons (Fsp3) is 0.652. The van der Waals surface area contributed by atoms with Gasteiger partial charge < -0.3 is 14.2 Å². The minimum Gasteiger partial charge on any atom is -0.493 e. The third-order valence-electron chi connectivity index (χ3n) is 7.20. The molecule has 158 valence electrons. The molecular weight excluding hydrogens is 368 g/mol. The second-order valence-electron chi connectivity index (χ2n) is 8.96. The van der Waals surface area contributed by atoms with Crippen LogP contribution in [0.5, 0.6) is 17.2 Å². The first-order valence-corrected chi connectivity index (χ1v) is 10.7. The molecule has 6 nitrogen and oxygen atoms in total. The van der Waals surface area contributed by atoms with Crippen LogP contribution in [0, 0.1) is 23.2 Å². The summed E-state index contributed by atoms with van der Waals surface area (Å²) in [5, 5.41) is 4.67. The minimum absolute atomic E-state index is 0.200. The van der Waals surface area contributed by atoms with Crippen molar-refractivity contribution in [1.82, 2.24) is 5.43 Å². The highest BCUT2D eigenvalue weighted by Crippen LogP contribution is 2.60. The Bertz CT molecular complexity index is 757. The van der Waals surface area contributed by atoms with Gasteiger partial charge in [0.05, 0.1) is 21.3 Å². The van der Waals surface area contributed by atoms with Crippen molar-refractivity contribution in [2.75, 3.05) is 21.3 Å². The molecule has 6 heteroatoms. The predicted octanol–water partition coefficient (Wildman–Crippen LogP) is 4.42. The van der Waals surface area contributed by atoms with E-state index in [2.05, 4.69) is 17.5 Å². The molecule has 1 aromatic rings. The monoisotopic (exact) mass is 400 g/mol. The van der Waals surface area contributed by atoms with Gasteiger partial charge >= 0.3 is 0 Å². The smallest absolute Gasteiger partial charge is 0.271 e. The molecule has 1 aromatic carbocycles. The second kappa shape index (κ2) is 7.88. The van der Waals surface area contributed by atoms with E-state index in [1.165, 1.54) is 38.5 Å². The average molecular weight is 401 g/mol. The van der Waals surface area contributed by atoms with Crippen molar-refractivity contribution in [3.8, 4) is 17.2 Å². The van der Waals surface area contributed by atoms with Gasteiger partial charge in [0, 0.05) is 16.7 Å². The molecule has 4 bridgehead atoms. The van der Waals surface area contributed by atoms with Gasteiger partial charge in [-0.1, -0.05) is 6.92 Å². The summed E-state index contributed by atoms with van der Waals surface area (Å²) in [4.78, 5) is 12.9. The molecule has 0 unspecified atom stereocenters. The molecule has 29 heavy (non-hydrogen) atoms. The van der Waals surface area contributed by atoms with Crippen LogP contribution in [-0.4, -0.2) is 32.9 Å². The number of hydrogen-bond acceptors (Lipinski definition) is 5. The lowest BCUT2D eigenvalue weighted by Crippen LogP contribution is -2.50. The Labute approximate surface area is 173 Å². The number of rotatable bonds is 7. The Morgan fingerprint density at radius 1 is 1.00 bits per heavy atom. The lowest BCUT2D eigenvalue weighted by molar-refractivity contribution is -0.0134. The number of carbonyl (C=O) groups excluding carboxylic acids is 1. The van der Waals surface area contributed by atoms with Crippen molar-refractivity contribution in [3.63, 3.8) is 0 Å². The van der Waals surface area contributed by atoms with Gasteiger partial charge in [0.1, 0.15) is 0 Å². The molecule has 0 saturated heterocycles. The van der Waals surface area contributed by atoms with E-state index in [1.54, 1.807) is 33.5 Å². The number of nitrogens with one attached hydrogen (secondary N) is 1. The molecule has 4 fully saturated rings. The molecule has 0 aliphatic heterocycles. The average Bonchev–Trinajstić information content (AvgIpc) is 2.71. The Morgan fingerprint density at radius 3 is 1.93 bits per heavy atom. The number of benzene rings is 1. The zero-order valence-corrected chi connectivity index (χ0v) is 17.9. The molecule has 4 aliphatic rings. The van der Waals surface area contributed by atoms with E-state index in [9.17, 15) is 4.79 Å². The van der Waals surface area contributed by atoms with Crippen molar-refractivity contribution in [2.45, 2.75) is 51.9 Å². The number of nitrogens with zero attached hydrogens (tertiary/aromatic N) is 1. The second-order valence-corrected chi connectivity index (χ2v) is 8.96. The number of hydrazone groups is 1. The van der Waals surface area contributed by atoms with Crippen molar-refractivity contribution in [2.24, 2.45) is 28.3 Å². The number of methoxy groups -OCH3 is 3. The topological polar surface area (TPSA) is 69.2 Å². The molecule has 1 amide bonds. The van der Waals surface area contributed by atoms with E-state index in [-0.39, 0.29) is 11.3 Å². The normalized spacial score (nSPS) is 30.2. The molecule has 0 heterocycles. The van der Waals surface area contributed by atoms with Crippen LogP contribution in [0.3, 0.4) is 0 Å². The molecule has 0 aromatic heterocycles. The molecule has 4 saturated carbocycles. The maximum Gasteiger partial charge on any atom is 0.271 e. The third-order valence-corrected chi connectivity index (χ3v) is 7.20. The van der Waals surface area contributed by atoms with Gasteiger partial charge in [0.2, 0.25) is 5.75 Å². The van der Waals surface area contributed by atoms with Gasteiger partial charge in [-0.15, -0.1) is 0 Å². The Hall–Kier alpha value is -2.24. The van der Waals surface area contributed by atoms with Crippen LogP contribution in [0.1, 0.15) is 62.2 Å². The molecule has 4 aliphatic carbocycles. The summed E-state index contributed by atoms with van der Waals surface area (Å²) < 4.78 is 16.1. The van der Waals surface area contributed by atoms with Gasteiger partial charge in [0.15, 0.2) is 11.5 Å². The maximum absolute atomic E-state index is 12.9. The van der Waals surface area contributed by atoms with E-state index >= 15 is 0 Å². The van der Waals surface area contributed by atoms with E-state index in [0.717, 1.165) is 29.9 Å². The number of amides is 1. The summed E-state index contributed by atoms with van der Waals surface area (Å²) in [6.45, 7) is 2.16. The van der Waals surface area contributed by atoms with Crippen molar-refractivity contribution in [1.29, 1.82) is 0 Å². The van der Waals surface area contributed by atoms with Gasteiger partial charge in [-0.05, 0) is 74.8 Å². The summed E-state index contributed by atoms with van der Waals surface area (Å²) in [6, 6.07) is 3.31. The summed E-state index contributed by atoms with van der Waals surface area (Å²) in [7, 11) is 4.63. The maximum atomic E-state index is 12.9. The summed E-state index contributed by atoms with van der Waals surface area (Å²) in [6.07, 6.45) is 8.79. The van der Waals surface area contributed by atoms with Crippen LogP contribution in [0.4, 0.5) is 0 Å². The molecule has 1 N–H and O–H groups in total. The largest absolute Gasteiger partial charge is 0.493 e. The van der Waals surface area contributed by atoms with Crippen molar-refractivity contribution >= 4 is 11.6 Å². The van der Waals surface area contributed by atoms with Crippen LogP contribution >= 0.6 is 0 Å². The minimum atomic E-state index is -0.264. The van der Waals surface area contributed by atoms with Gasteiger partial charge in [0.25, 0.3) is 5.91 Å². The predicted molar refractivity (Wildman–Crippen MR) is 112 cm³/mol. The van der Waals surface area contributed by atoms with E-state index in [0.29, 0.717) is 22.8 Å². The quantitative estimate of drug-likeness (QED) is 0.543. The number of ether oxygens (including phenoxy) is 3. The highest BCUT2D eigenvalue weighted by atomic mass is 16.5. The Balaban J connectivity index is 1.56. The zero-order valence-electron chi connectivity index (χ0n) is 17.9. The van der Waals surface area contributed by atoms with Crippen LogP contribution in [0.15, 0.2) is 17.2 Å². The standard InChI is InChI=1S/C23H32N2O4/c1-5-20(23-11-14-6-15(12-23)8-16(7-14)13-23)24-25-22(26)17-9-18(27-2)21(29-4)19(10-17)28-3/h9-10,14-16H,5-8,11-13H2,1-4H3,(H,25,26)/b24-20-. The van der Waals surface area contributed by atoms with E-state index in [1.807, 2.05) is 0 Å². The first-order chi connectivity index (χ1) is 14.0. The van der Waals surface area contributed by atoms with Gasteiger partial charge in [-0.2, -0.15) is 5.10 Å². The Kier molecular flexibility index (Phi) is 5.45. The van der Waals surface area contributed by atoms with Crippen LogP contribution in [0.25, 0.3) is 0 Å². The summed E-state index contributed by atoms with van der Waals surface area (Å²) in [5.74, 6) is 3.67. The highest BCUT2D eigenvalue weighted by molar-refractivity contribution is 5.97. The van der Waals surface area contributed by atoms with E-state index in [4.69, 9.17) is 14.2 Å². The summed E-state index contributed by atoms with van der Waals surface area (Å²) >= 11 is 0. The fourth-order valence-corrected chi connectivity index (χ4v) is 6.43. The van der Waals surface area contributed by atoms with Crippen molar-refractivity contribution in [3.05, 3.63) is 17.7 Å². The first kappa shape index (κ1) is 20.0. The summed E-state index contributed by atoms with van der Waals surface area (Å²) in [5.41, 5.74) is 4.61. The van der Waals surface area contributed by atoms with Crippen LogP contribution in [0.2, 0.25) is 0 Å².